The van der Waals surface area contributed by atoms with Crippen LogP contribution in [0.1, 0.15) is 44.5 Å². The van der Waals surface area contributed by atoms with E-state index in [9.17, 15) is 0 Å². The Kier molecular flexibility index (Phi) is 9.32. The van der Waals surface area contributed by atoms with Crippen molar-refractivity contribution in [1.82, 2.24) is 0 Å². The van der Waals surface area contributed by atoms with Crippen LogP contribution in [0.2, 0.25) is 0 Å². The van der Waals surface area contributed by atoms with E-state index in [2.05, 4.69) is 256 Å². The first kappa shape index (κ1) is 38.3. The van der Waals surface area contributed by atoms with Crippen LogP contribution in [-0.2, 0) is 5.41 Å². The van der Waals surface area contributed by atoms with Crippen molar-refractivity contribution in [2.75, 3.05) is 9.80 Å². The van der Waals surface area contributed by atoms with Gasteiger partial charge < -0.3 is 9.80 Å². The molecule has 0 heterocycles. The van der Waals surface area contributed by atoms with E-state index in [1.807, 2.05) is 0 Å². The van der Waals surface area contributed by atoms with Gasteiger partial charge in [-0.2, -0.15) is 0 Å². The van der Waals surface area contributed by atoms with Crippen LogP contribution < -0.4 is 9.80 Å². The fraction of sp³-hybridized carbons (Fsp3) is 0.0820. The van der Waals surface area contributed by atoms with Gasteiger partial charge in [-0.05, 0) is 155 Å². The summed E-state index contributed by atoms with van der Waals surface area (Å²) in [6, 6.07) is 81.5. The molecule has 0 amide bonds. The van der Waals surface area contributed by atoms with Crippen molar-refractivity contribution in [3.05, 3.63) is 263 Å². The Bertz CT molecular complexity index is 3150. The number of nitrogens with zero attached hydrogens (tertiary/aromatic N) is 2. The monoisotopic (exact) mass is 808 g/mol. The van der Waals surface area contributed by atoms with Gasteiger partial charge in [0, 0.05) is 34.1 Å². The lowest BCUT2D eigenvalue weighted by Gasteiger charge is -2.36. The zero-order valence-electron chi connectivity index (χ0n) is 36.2. The standard InChI is InChI=1S/C61H48N2/c1-41-19-27-47(28-20-41)62(48-29-21-42(2)22-30-48)51-35-37-55-57(39-51)53-17-11-12-18-54(53)59-56-38-36-52(63(49-31-23-43(3)24-32-49)50-33-25-44(4)26-34-50)40-58(56)61(60(55)59,45-13-7-5-8-14-45)46-15-9-6-10-16-46/h5-40H,1-4H3. The van der Waals surface area contributed by atoms with E-state index in [4.69, 9.17) is 0 Å². The molecule has 11 rings (SSSR count). The molecule has 0 radical (unpaired) electrons. The number of benzene rings is 10. The first-order valence-electron chi connectivity index (χ1n) is 22.0. The van der Waals surface area contributed by atoms with Crippen LogP contribution >= 0.6 is 0 Å². The van der Waals surface area contributed by atoms with Crippen LogP contribution in [0.25, 0.3) is 32.7 Å². The van der Waals surface area contributed by atoms with Gasteiger partial charge in [-0.3, -0.25) is 0 Å². The average molecular weight is 809 g/mol. The van der Waals surface area contributed by atoms with Gasteiger partial charge in [0.1, 0.15) is 0 Å². The lowest BCUT2D eigenvalue weighted by atomic mass is 9.66. The van der Waals surface area contributed by atoms with Crippen molar-refractivity contribution in [3.8, 4) is 11.1 Å². The summed E-state index contributed by atoms with van der Waals surface area (Å²) in [7, 11) is 0. The molecule has 0 spiro atoms. The van der Waals surface area contributed by atoms with Crippen LogP contribution in [0.3, 0.4) is 0 Å². The van der Waals surface area contributed by atoms with Gasteiger partial charge >= 0.3 is 0 Å². The Balaban J connectivity index is 1.24. The molecule has 0 fully saturated rings. The molecular formula is C61H48N2. The SMILES string of the molecule is Cc1ccc(N(c2ccc(C)cc2)c2ccc3c(c2)C(c2ccccc2)(c2ccccc2)c2c-3c3ccccc3c3cc(N(c4ccc(C)cc4)c4ccc(C)cc4)ccc23)cc1. The number of rotatable bonds is 8. The number of fused-ring (bicyclic) bond motifs is 8. The molecule has 2 nitrogen and oxygen atoms in total. The zero-order chi connectivity index (χ0) is 42.7. The second kappa shape index (κ2) is 15.3. The van der Waals surface area contributed by atoms with E-state index >= 15 is 0 Å². The Morgan fingerprint density at radius 1 is 0.302 bits per heavy atom. The minimum Gasteiger partial charge on any atom is -0.310 e. The third kappa shape index (κ3) is 6.33. The van der Waals surface area contributed by atoms with Gasteiger partial charge in [0.2, 0.25) is 0 Å². The third-order valence-electron chi connectivity index (χ3n) is 13.2. The van der Waals surface area contributed by atoms with Gasteiger partial charge in [-0.15, -0.1) is 0 Å². The molecule has 0 atom stereocenters. The van der Waals surface area contributed by atoms with Crippen LogP contribution in [0.15, 0.2) is 218 Å². The molecule has 302 valence electrons. The van der Waals surface area contributed by atoms with Crippen molar-refractivity contribution >= 4 is 55.7 Å². The minimum absolute atomic E-state index is 0.646. The van der Waals surface area contributed by atoms with E-state index < -0.39 is 5.41 Å². The fourth-order valence-electron chi connectivity index (χ4n) is 10.1. The van der Waals surface area contributed by atoms with E-state index in [0.717, 1.165) is 34.1 Å². The highest BCUT2D eigenvalue weighted by molar-refractivity contribution is 6.20. The quantitative estimate of drug-likeness (QED) is 0.141. The lowest BCUT2D eigenvalue weighted by Crippen LogP contribution is -2.29. The van der Waals surface area contributed by atoms with E-state index in [1.165, 1.54) is 77.2 Å². The van der Waals surface area contributed by atoms with Crippen LogP contribution in [0.5, 0.6) is 0 Å². The Morgan fingerprint density at radius 3 is 1.14 bits per heavy atom. The summed E-state index contributed by atoms with van der Waals surface area (Å²) in [6.07, 6.45) is 0. The van der Waals surface area contributed by atoms with Crippen molar-refractivity contribution in [3.63, 3.8) is 0 Å². The van der Waals surface area contributed by atoms with Gasteiger partial charge in [0.05, 0.1) is 5.41 Å². The molecule has 0 unspecified atom stereocenters. The summed E-state index contributed by atoms with van der Waals surface area (Å²) in [4.78, 5) is 4.81. The van der Waals surface area contributed by atoms with Gasteiger partial charge in [-0.25, -0.2) is 0 Å². The molecule has 0 N–H and O–H groups in total. The second-order valence-corrected chi connectivity index (χ2v) is 17.3. The summed E-state index contributed by atoms with van der Waals surface area (Å²) in [6.45, 7) is 8.61. The van der Waals surface area contributed by atoms with E-state index in [-0.39, 0.29) is 0 Å². The maximum absolute atomic E-state index is 2.49. The normalized spacial score (nSPS) is 12.6. The molecular weight excluding hydrogens is 761 g/mol. The smallest absolute Gasteiger partial charge is 0.0720 e. The highest BCUT2D eigenvalue weighted by Crippen LogP contribution is 2.61. The van der Waals surface area contributed by atoms with Crippen molar-refractivity contribution in [2.24, 2.45) is 0 Å². The maximum atomic E-state index is 2.49. The Morgan fingerprint density at radius 2 is 0.683 bits per heavy atom. The van der Waals surface area contributed by atoms with Gasteiger partial charge in [0.15, 0.2) is 0 Å². The van der Waals surface area contributed by atoms with E-state index in [1.54, 1.807) is 0 Å². The van der Waals surface area contributed by atoms with Crippen LogP contribution in [0, 0.1) is 27.7 Å². The van der Waals surface area contributed by atoms with Crippen molar-refractivity contribution in [2.45, 2.75) is 33.1 Å². The molecule has 0 saturated heterocycles. The summed E-state index contributed by atoms with van der Waals surface area (Å²) in [5, 5.41) is 4.98. The lowest BCUT2D eigenvalue weighted by molar-refractivity contribution is 0.776. The number of anilines is 6. The molecule has 0 aromatic heterocycles. The Hall–Kier alpha value is -7.68. The summed E-state index contributed by atoms with van der Waals surface area (Å²) >= 11 is 0. The molecule has 10 aromatic rings. The van der Waals surface area contributed by atoms with Gasteiger partial charge in [-0.1, -0.05) is 168 Å². The molecule has 2 heteroatoms. The molecule has 1 aliphatic rings. The highest BCUT2D eigenvalue weighted by atomic mass is 15.1. The predicted octanol–water partition coefficient (Wildman–Crippen LogP) is 16.5. The number of hydrogen-bond acceptors (Lipinski definition) is 2. The molecule has 0 bridgehead atoms. The zero-order valence-corrected chi connectivity index (χ0v) is 36.2. The van der Waals surface area contributed by atoms with Crippen LogP contribution in [-0.4, -0.2) is 0 Å². The predicted molar refractivity (Wildman–Crippen MR) is 267 cm³/mol. The second-order valence-electron chi connectivity index (χ2n) is 17.3. The molecule has 10 aromatic carbocycles. The largest absolute Gasteiger partial charge is 0.310 e. The Labute approximate surface area is 371 Å². The summed E-state index contributed by atoms with van der Waals surface area (Å²) in [5.74, 6) is 0. The summed E-state index contributed by atoms with van der Waals surface area (Å²) in [5.41, 5.74) is 18.7. The van der Waals surface area contributed by atoms with Crippen molar-refractivity contribution in [1.29, 1.82) is 0 Å². The molecule has 0 aliphatic heterocycles. The van der Waals surface area contributed by atoms with Crippen molar-refractivity contribution < 1.29 is 0 Å². The number of hydrogen-bond donors (Lipinski definition) is 0. The first-order valence-corrected chi connectivity index (χ1v) is 22.0. The first-order chi connectivity index (χ1) is 30.9. The fourth-order valence-corrected chi connectivity index (χ4v) is 10.1. The summed E-state index contributed by atoms with van der Waals surface area (Å²) < 4.78 is 0. The highest BCUT2D eigenvalue weighted by Gasteiger charge is 2.48. The van der Waals surface area contributed by atoms with Gasteiger partial charge in [0.25, 0.3) is 0 Å². The number of aryl methyl sites for hydroxylation is 4. The third-order valence-corrected chi connectivity index (χ3v) is 13.2. The average Bonchev–Trinajstić information content (AvgIpc) is 3.64. The van der Waals surface area contributed by atoms with E-state index in [0.29, 0.717) is 0 Å². The van der Waals surface area contributed by atoms with Crippen LogP contribution in [0.4, 0.5) is 34.1 Å². The molecule has 63 heavy (non-hydrogen) atoms. The molecule has 1 aliphatic carbocycles. The minimum atomic E-state index is -0.646. The molecule has 0 saturated carbocycles. The topological polar surface area (TPSA) is 6.48 Å². The maximum Gasteiger partial charge on any atom is 0.0720 e.